The molecule has 0 fully saturated rings. The minimum Gasteiger partial charge on any atom is -0.497 e. The van der Waals surface area contributed by atoms with E-state index < -0.39 is 11.3 Å². The smallest absolute Gasteiger partial charge is 0.321 e. The Balaban J connectivity index is 2.21. The molecule has 1 aromatic carbocycles. The van der Waals surface area contributed by atoms with Crippen LogP contribution < -0.4 is 15.4 Å². The van der Waals surface area contributed by atoms with Crippen molar-refractivity contribution in [3.63, 3.8) is 0 Å². The zero-order valence-electron chi connectivity index (χ0n) is 16.1. The lowest BCUT2D eigenvalue weighted by Gasteiger charge is -2.16. The highest BCUT2D eigenvalue weighted by Gasteiger charge is 2.23. The van der Waals surface area contributed by atoms with Crippen molar-refractivity contribution in [2.45, 2.75) is 44.1 Å². The summed E-state index contributed by atoms with van der Waals surface area (Å²) in [6.45, 7) is 8.02. The number of imide groups is 1. The van der Waals surface area contributed by atoms with Gasteiger partial charge in [0.05, 0.1) is 12.4 Å². The molecule has 2 rings (SSSR count). The number of methoxy groups -OCH3 is 1. The van der Waals surface area contributed by atoms with Crippen LogP contribution in [-0.2, 0) is 4.79 Å². The molecule has 0 spiro atoms. The van der Waals surface area contributed by atoms with Gasteiger partial charge in [-0.2, -0.15) is 0 Å². The van der Waals surface area contributed by atoms with E-state index in [1.54, 1.807) is 21.0 Å². The molecule has 1 atom stereocenters. The third kappa shape index (κ3) is 5.22. The van der Waals surface area contributed by atoms with E-state index in [-0.39, 0.29) is 11.9 Å². The Kier molecular flexibility index (Phi) is 7.23. The number of thioether (sulfide) groups is 1. The molecule has 0 aliphatic heterocycles. The number of carbonyl (C=O) groups excluding carboxylic acids is 2. The molecule has 0 unspecified atom stereocenters. The fourth-order valence-corrected chi connectivity index (χ4v) is 3.37. The van der Waals surface area contributed by atoms with Gasteiger partial charge in [-0.05, 0) is 52.0 Å². The number of nitrogens with one attached hydrogen (secondary N) is 2. The lowest BCUT2D eigenvalue weighted by atomic mass is 10.2. The Hall–Kier alpha value is -2.55. The van der Waals surface area contributed by atoms with E-state index in [4.69, 9.17) is 4.74 Å². The maximum Gasteiger partial charge on any atom is 0.321 e. The van der Waals surface area contributed by atoms with Gasteiger partial charge < -0.3 is 10.1 Å². The molecule has 8 nitrogen and oxygen atoms in total. The Morgan fingerprint density at radius 3 is 2.41 bits per heavy atom. The van der Waals surface area contributed by atoms with Crippen LogP contribution in [-0.4, -0.2) is 45.6 Å². The highest BCUT2D eigenvalue weighted by molar-refractivity contribution is 8.00. The number of benzene rings is 1. The summed E-state index contributed by atoms with van der Waals surface area (Å²) in [5.74, 6) is 1.10. The third-order valence-electron chi connectivity index (χ3n) is 3.75. The summed E-state index contributed by atoms with van der Waals surface area (Å²) in [6, 6.07) is 7.16. The molecule has 0 radical (unpaired) electrons. The van der Waals surface area contributed by atoms with E-state index >= 15 is 0 Å². The van der Waals surface area contributed by atoms with Gasteiger partial charge >= 0.3 is 6.03 Å². The minimum atomic E-state index is -0.502. The van der Waals surface area contributed by atoms with Gasteiger partial charge in [0.1, 0.15) is 5.75 Å². The van der Waals surface area contributed by atoms with Crippen LogP contribution in [0.1, 0.15) is 33.7 Å². The zero-order chi connectivity index (χ0) is 20.0. The van der Waals surface area contributed by atoms with Gasteiger partial charge in [0, 0.05) is 18.2 Å². The van der Waals surface area contributed by atoms with Crippen LogP contribution in [0, 0.1) is 0 Å². The Bertz CT molecular complexity index is 789. The largest absolute Gasteiger partial charge is 0.497 e. The number of aromatic nitrogens is 3. The van der Waals surface area contributed by atoms with Crippen LogP contribution in [0.15, 0.2) is 29.4 Å². The average molecular weight is 391 g/mol. The van der Waals surface area contributed by atoms with Gasteiger partial charge in [-0.3, -0.25) is 14.7 Å². The standard InChI is InChI=1S/C18H25N5O3S/c1-6-19-17(25)20-16(24)12(4)27-18-22-21-15(23(18)11(2)3)13-7-9-14(26-5)10-8-13/h7-12H,6H2,1-5H3,(H2,19,20,24,25)/t12-/m0/s1. The van der Waals surface area contributed by atoms with E-state index in [0.29, 0.717) is 17.5 Å². The van der Waals surface area contributed by atoms with Crippen LogP contribution in [0.25, 0.3) is 11.4 Å². The number of nitrogens with zero attached hydrogens (tertiary/aromatic N) is 3. The SMILES string of the molecule is CCNC(=O)NC(=O)[C@H](C)Sc1nnc(-c2ccc(OC)cc2)n1C(C)C. The number of hydrogen-bond donors (Lipinski definition) is 2. The number of hydrogen-bond acceptors (Lipinski definition) is 6. The maximum atomic E-state index is 12.2. The second-order valence-corrected chi connectivity index (χ2v) is 7.42. The third-order valence-corrected chi connectivity index (χ3v) is 4.81. The molecule has 1 aromatic heterocycles. The normalized spacial score (nSPS) is 11.9. The first kappa shape index (κ1) is 20.8. The first-order valence-corrected chi connectivity index (χ1v) is 9.60. The topological polar surface area (TPSA) is 98.1 Å². The monoisotopic (exact) mass is 391 g/mol. The van der Waals surface area contributed by atoms with Gasteiger partial charge in [0.25, 0.3) is 0 Å². The number of amides is 3. The van der Waals surface area contributed by atoms with Crippen molar-refractivity contribution < 1.29 is 14.3 Å². The van der Waals surface area contributed by atoms with E-state index in [0.717, 1.165) is 11.3 Å². The molecule has 0 saturated heterocycles. The highest BCUT2D eigenvalue weighted by atomic mass is 32.2. The minimum absolute atomic E-state index is 0.0956. The van der Waals surface area contributed by atoms with E-state index in [2.05, 4.69) is 20.8 Å². The van der Waals surface area contributed by atoms with E-state index in [9.17, 15) is 9.59 Å². The molecule has 2 aromatic rings. The molecule has 0 saturated carbocycles. The molecule has 1 heterocycles. The van der Waals surface area contributed by atoms with Crippen molar-refractivity contribution in [1.82, 2.24) is 25.4 Å². The van der Waals surface area contributed by atoms with Gasteiger partial charge in [0.15, 0.2) is 11.0 Å². The predicted molar refractivity (Wildman–Crippen MR) is 105 cm³/mol. The quantitative estimate of drug-likeness (QED) is 0.704. The van der Waals surface area contributed by atoms with Crippen LogP contribution >= 0.6 is 11.8 Å². The lowest BCUT2D eigenvalue weighted by molar-refractivity contribution is -0.119. The molecule has 9 heteroatoms. The Morgan fingerprint density at radius 2 is 1.85 bits per heavy atom. The van der Waals surface area contributed by atoms with Crippen molar-refractivity contribution in [2.24, 2.45) is 0 Å². The fraction of sp³-hybridized carbons (Fsp3) is 0.444. The van der Waals surface area contributed by atoms with Crippen molar-refractivity contribution in [3.8, 4) is 17.1 Å². The number of urea groups is 1. The van der Waals surface area contributed by atoms with Crippen LogP contribution in [0.3, 0.4) is 0 Å². The lowest BCUT2D eigenvalue weighted by Crippen LogP contribution is -2.42. The molecule has 0 aliphatic rings. The van der Waals surface area contributed by atoms with Gasteiger partial charge in [-0.15, -0.1) is 10.2 Å². The average Bonchev–Trinajstić information content (AvgIpc) is 3.05. The molecule has 0 aliphatic carbocycles. The summed E-state index contributed by atoms with van der Waals surface area (Å²) in [4.78, 5) is 23.7. The Labute approximate surface area is 163 Å². The summed E-state index contributed by atoms with van der Waals surface area (Å²) >= 11 is 1.26. The van der Waals surface area contributed by atoms with Crippen LogP contribution in [0.5, 0.6) is 5.75 Å². The fourth-order valence-electron chi connectivity index (χ4n) is 2.39. The van der Waals surface area contributed by atoms with Gasteiger partial charge in [0.2, 0.25) is 5.91 Å². The second kappa shape index (κ2) is 9.40. The summed E-state index contributed by atoms with van der Waals surface area (Å²) in [7, 11) is 1.62. The molecular weight excluding hydrogens is 366 g/mol. The summed E-state index contributed by atoms with van der Waals surface area (Å²) < 4.78 is 7.17. The first-order valence-electron chi connectivity index (χ1n) is 8.72. The molecule has 146 valence electrons. The van der Waals surface area contributed by atoms with Gasteiger partial charge in [-0.1, -0.05) is 11.8 Å². The molecular formula is C18H25N5O3S. The first-order chi connectivity index (χ1) is 12.9. The molecule has 0 bridgehead atoms. The molecule has 2 N–H and O–H groups in total. The number of ether oxygens (including phenoxy) is 1. The maximum absolute atomic E-state index is 12.2. The van der Waals surface area contributed by atoms with Crippen molar-refractivity contribution in [2.75, 3.05) is 13.7 Å². The van der Waals surface area contributed by atoms with Crippen LogP contribution in [0.4, 0.5) is 4.79 Å². The van der Waals surface area contributed by atoms with E-state index in [1.165, 1.54) is 11.8 Å². The highest BCUT2D eigenvalue weighted by Crippen LogP contribution is 2.30. The van der Waals surface area contributed by atoms with E-state index in [1.807, 2.05) is 42.7 Å². The van der Waals surface area contributed by atoms with Crippen molar-refractivity contribution in [1.29, 1.82) is 0 Å². The van der Waals surface area contributed by atoms with Crippen molar-refractivity contribution in [3.05, 3.63) is 24.3 Å². The second-order valence-electron chi connectivity index (χ2n) is 6.11. The summed E-state index contributed by atoms with van der Waals surface area (Å²) in [5.41, 5.74) is 0.906. The summed E-state index contributed by atoms with van der Waals surface area (Å²) in [6.07, 6.45) is 0. The van der Waals surface area contributed by atoms with Crippen molar-refractivity contribution >= 4 is 23.7 Å². The zero-order valence-corrected chi connectivity index (χ0v) is 17.0. The number of carbonyl (C=O) groups is 2. The summed E-state index contributed by atoms with van der Waals surface area (Å²) in [5, 5.41) is 13.5. The molecule has 27 heavy (non-hydrogen) atoms. The Morgan fingerprint density at radius 1 is 1.19 bits per heavy atom. The van der Waals surface area contributed by atoms with Gasteiger partial charge in [-0.25, -0.2) is 4.79 Å². The number of rotatable bonds is 7. The predicted octanol–water partition coefficient (Wildman–Crippen LogP) is 2.86. The molecule has 3 amide bonds. The van der Waals surface area contributed by atoms with Crippen LogP contribution in [0.2, 0.25) is 0 Å².